The van der Waals surface area contributed by atoms with Gasteiger partial charge < -0.3 is 19.0 Å². The minimum absolute atomic E-state index is 0.427. The molecule has 0 radical (unpaired) electrons. The minimum Gasteiger partial charge on any atom is -0.468 e. The number of ether oxygens (including phenoxy) is 1. The van der Waals surface area contributed by atoms with Crippen LogP contribution in [-0.4, -0.2) is 56.0 Å². The number of carbonyl (C=O) groups excluding carboxylic acids is 2. The number of carbonyl (C=O) groups is 2. The number of anilines is 1. The summed E-state index contributed by atoms with van der Waals surface area (Å²) in [5.41, 5.74) is 1.18. The van der Waals surface area contributed by atoms with E-state index in [2.05, 4.69) is 27.3 Å². The van der Waals surface area contributed by atoms with Crippen molar-refractivity contribution in [1.29, 1.82) is 0 Å². The molecule has 2 aromatic rings. The summed E-state index contributed by atoms with van der Waals surface area (Å²) in [5, 5.41) is 2.77. The van der Waals surface area contributed by atoms with Crippen LogP contribution in [0.15, 0.2) is 58.1 Å². The lowest BCUT2D eigenvalue weighted by Gasteiger charge is -2.39. The van der Waals surface area contributed by atoms with Crippen molar-refractivity contribution >= 4 is 23.5 Å². The zero-order chi connectivity index (χ0) is 19.5. The van der Waals surface area contributed by atoms with Crippen molar-refractivity contribution in [3.63, 3.8) is 0 Å². The van der Waals surface area contributed by atoms with Gasteiger partial charge in [-0.3, -0.25) is 14.9 Å². The van der Waals surface area contributed by atoms with E-state index in [1.807, 2.05) is 23.1 Å². The molecule has 0 unspecified atom stereocenters. The molecule has 2 aliphatic rings. The van der Waals surface area contributed by atoms with Gasteiger partial charge in [0.25, 0.3) is 0 Å². The molecule has 8 nitrogen and oxygen atoms in total. The number of esters is 1. The highest BCUT2D eigenvalue weighted by Crippen LogP contribution is 2.31. The van der Waals surface area contributed by atoms with Gasteiger partial charge in [-0.05, 0) is 24.3 Å². The minimum atomic E-state index is -1.06. The van der Waals surface area contributed by atoms with Crippen LogP contribution in [0.5, 0.6) is 0 Å². The SMILES string of the molecule is COC(=O)[C@@H]1C(=O)NC(N2CCN(c3ccccc3)CC2)=N[C@@H]1c1ccco1. The monoisotopic (exact) mass is 382 g/mol. The number of rotatable bonds is 3. The van der Waals surface area contributed by atoms with E-state index in [-0.39, 0.29) is 0 Å². The Hall–Kier alpha value is -3.29. The van der Waals surface area contributed by atoms with Gasteiger partial charge in [-0.2, -0.15) is 0 Å². The highest BCUT2D eigenvalue weighted by atomic mass is 16.5. The summed E-state index contributed by atoms with van der Waals surface area (Å²) in [6.45, 7) is 3.04. The van der Waals surface area contributed by atoms with E-state index in [0.29, 0.717) is 24.8 Å². The second-order valence-corrected chi connectivity index (χ2v) is 6.71. The standard InChI is InChI=1S/C20H22N4O4/c1-27-19(26)16-17(15-8-5-13-28-15)21-20(22-18(16)25)24-11-9-23(10-12-24)14-6-3-2-4-7-14/h2-8,13,16-17H,9-12H2,1H3,(H,21,22,25)/t16-,17+/m0/s1. The van der Waals surface area contributed by atoms with Gasteiger partial charge in [-0.15, -0.1) is 0 Å². The first-order valence-electron chi connectivity index (χ1n) is 9.22. The van der Waals surface area contributed by atoms with Crippen LogP contribution < -0.4 is 10.2 Å². The average Bonchev–Trinajstić information content (AvgIpc) is 3.28. The van der Waals surface area contributed by atoms with Crippen molar-refractivity contribution in [1.82, 2.24) is 10.2 Å². The number of hydrogen-bond donors (Lipinski definition) is 1. The van der Waals surface area contributed by atoms with Crippen LogP contribution >= 0.6 is 0 Å². The number of aliphatic imine (C=N–C) groups is 1. The molecular weight excluding hydrogens is 360 g/mol. The molecule has 1 aromatic carbocycles. The second-order valence-electron chi connectivity index (χ2n) is 6.71. The molecule has 0 spiro atoms. The van der Waals surface area contributed by atoms with E-state index in [1.54, 1.807) is 12.1 Å². The topological polar surface area (TPSA) is 87.4 Å². The smallest absolute Gasteiger partial charge is 0.320 e. The lowest BCUT2D eigenvalue weighted by atomic mass is 9.95. The quantitative estimate of drug-likeness (QED) is 0.638. The van der Waals surface area contributed by atoms with E-state index < -0.39 is 23.8 Å². The van der Waals surface area contributed by atoms with E-state index in [1.165, 1.54) is 19.1 Å². The lowest BCUT2D eigenvalue weighted by Crippen LogP contribution is -2.57. The molecule has 0 aliphatic carbocycles. The van der Waals surface area contributed by atoms with Crippen LogP contribution in [0.1, 0.15) is 11.8 Å². The van der Waals surface area contributed by atoms with Crippen LogP contribution in [0.3, 0.4) is 0 Å². The highest BCUT2D eigenvalue weighted by Gasteiger charge is 2.43. The first-order valence-corrected chi connectivity index (χ1v) is 9.22. The van der Waals surface area contributed by atoms with Crippen LogP contribution in [0.2, 0.25) is 0 Å². The number of para-hydroxylation sites is 1. The molecule has 4 rings (SSSR count). The fourth-order valence-electron chi connectivity index (χ4n) is 3.60. The molecule has 2 aliphatic heterocycles. The summed E-state index contributed by atoms with van der Waals surface area (Å²) in [4.78, 5) is 33.8. The number of benzene rings is 1. The molecule has 146 valence electrons. The molecule has 0 bridgehead atoms. The van der Waals surface area contributed by atoms with E-state index in [9.17, 15) is 9.59 Å². The van der Waals surface area contributed by atoms with Crippen molar-refractivity contribution < 1.29 is 18.7 Å². The normalized spacial score (nSPS) is 22.5. The molecule has 1 aromatic heterocycles. The number of furan rings is 1. The van der Waals surface area contributed by atoms with Gasteiger partial charge in [0.05, 0.1) is 13.4 Å². The second kappa shape index (κ2) is 7.75. The Morgan fingerprint density at radius 1 is 1.11 bits per heavy atom. The first kappa shape index (κ1) is 18.1. The Balaban J connectivity index is 1.53. The largest absolute Gasteiger partial charge is 0.468 e. The summed E-state index contributed by atoms with van der Waals surface area (Å²) < 4.78 is 10.2. The molecule has 2 atom stereocenters. The Bertz CT molecular complexity index is 858. The molecule has 0 saturated carbocycles. The van der Waals surface area contributed by atoms with Crippen molar-refractivity contribution in [3.8, 4) is 0 Å². The maximum atomic E-state index is 12.7. The van der Waals surface area contributed by atoms with Crippen molar-refractivity contribution in [2.75, 3.05) is 38.2 Å². The van der Waals surface area contributed by atoms with Crippen molar-refractivity contribution in [2.45, 2.75) is 6.04 Å². The maximum Gasteiger partial charge on any atom is 0.320 e. The summed E-state index contributed by atoms with van der Waals surface area (Å²) in [6, 6.07) is 12.9. The Labute approximate surface area is 162 Å². The van der Waals surface area contributed by atoms with Gasteiger partial charge in [-0.25, -0.2) is 4.99 Å². The number of piperazine rings is 1. The molecule has 3 heterocycles. The average molecular weight is 382 g/mol. The Morgan fingerprint density at radius 3 is 2.46 bits per heavy atom. The number of guanidine groups is 1. The van der Waals surface area contributed by atoms with Gasteiger partial charge in [0, 0.05) is 31.9 Å². The number of nitrogens with one attached hydrogen (secondary N) is 1. The molecule has 28 heavy (non-hydrogen) atoms. The Morgan fingerprint density at radius 2 is 1.82 bits per heavy atom. The predicted octanol–water partition coefficient (Wildman–Crippen LogP) is 1.42. The number of nitrogens with zero attached hydrogens (tertiary/aromatic N) is 3. The van der Waals surface area contributed by atoms with Crippen LogP contribution in [0, 0.1) is 5.92 Å². The number of hydrogen-bond acceptors (Lipinski definition) is 7. The van der Waals surface area contributed by atoms with Gasteiger partial charge in [0.2, 0.25) is 11.9 Å². The lowest BCUT2D eigenvalue weighted by molar-refractivity contribution is -0.151. The summed E-state index contributed by atoms with van der Waals surface area (Å²) >= 11 is 0. The van der Waals surface area contributed by atoms with Crippen molar-refractivity contribution in [2.24, 2.45) is 10.9 Å². The third-order valence-corrected chi connectivity index (χ3v) is 5.08. The predicted molar refractivity (Wildman–Crippen MR) is 103 cm³/mol. The van der Waals surface area contributed by atoms with Crippen LogP contribution in [-0.2, 0) is 14.3 Å². The van der Waals surface area contributed by atoms with Gasteiger partial charge in [0.1, 0.15) is 11.8 Å². The van der Waals surface area contributed by atoms with Crippen LogP contribution in [0.25, 0.3) is 0 Å². The molecular formula is C20H22N4O4. The molecule has 1 N–H and O–H groups in total. The van der Waals surface area contributed by atoms with Crippen molar-refractivity contribution in [3.05, 3.63) is 54.5 Å². The molecule has 1 fully saturated rings. The summed E-state index contributed by atoms with van der Waals surface area (Å²) in [5.74, 6) is -1.19. The van der Waals surface area contributed by atoms with Gasteiger partial charge in [0.15, 0.2) is 5.92 Å². The maximum absolute atomic E-state index is 12.7. The summed E-state index contributed by atoms with van der Waals surface area (Å²) in [7, 11) is 1.26. The van der Waals surface area contributed by atoms with Gasteiger partial charge in [-0.1, -0.05) is 18.2 Å². The van der Waals surface area contributed by atoms with E-state index in [0.717, 1.165) is 13.1 Å². The Kier molecular flexibility index (Phi) is 5.01. The third kappa shape index (κ3) is 3.45. The summed E-state index contributed by atoms with van der Waals surface area (Å²) in [6.07, 6.45) is 1.50. The number of amides is 1. The fraction of sp³-hybridized carbons (Fsp3) is 0.350. The number of methoxy groups -OCH3 is 1. The van der Waals surface area contributed by atoms with E-state index in [4.69, 9.17) is 9.15 Å². The third-order valence-electron chi connectivity index (χ3n) is 5.08. The molecule has 8 heteroatoms. The molecule has 1 saturated heterocycles. The zero-order valence-corrected chi connectivity index (χ0v) is 15.6. The fourth-order valence-corrected chi connectivity index (χ4v) is 3.60. The molecule has 1 amide bonds. The van der Waals surface area contributed by atoms with Gasteiger partial charge >= 0.3 is 5.97 Å². The highest BCUT2D eigenvalue weighted by molar-refractivity contribution is 6.08. The van der Waals surface area contributed by atoms with Crippen LogP contribution in [0.4, 0.5) is 5.69 Å². The first-order chi connectivity index (χ1) is 13.7. The van der Waals surface area contributed by atoms with E-state index >= 15 is 0 Å². The zero-order valence-electron chi connectivity index (χ0n) is 15.6.